The Kier molecular flexibility index (Phi) is 3.93. The van der Waals surface area contributed by atoms with E-state index in [1.54, 1.807) is 11.7 Å². The highest BCUT2D eigenvalue weighted by molar-refractivity contribution is 7.12. The molecular weight excluding hydrogens is 396 g/mol. The molecule has 5 heterocycles. The largest absolute Gasteiger partial charge is 0.372 e. The third-order valence-electron chi connectivity index (χ3n) is 5.74. The number of rotatable bonds is 1. The minimum atomic E-state index is -1.50. The van der Waals surface area contributed by atoms with Crippen molar-refractivity contribution in [1.82, 2.24) is 25.8 Å². The fourth-order valence-electron chi connectivity index (χ4n) is 4.72. The Hall–Kier alpha value is -2.92. The van der Waals surface area contributed by atoms with Crippen molar-refractivity contribution < 1.29 is 19.1 Å². The Labute approximate surface area is 169 Å². The van der Waals surface area contributed by atoms with Crippen LogP contribution in [0.2, 0.25) is 0 Å². The maximum atomic E-state index is 13.1. The maximum absolute atomic E-state index is 13.1. The van der Waals surface area contributed by atoms with Crippen LogP contribution >= 0.6 is 11.3 Å². The molecule has 3 aliphatic heterocycles. The van der Waals surface area contributed by atoms with Gasteiger partial charge in [0.05, 0.1) is 18.2 Å². The molecule has 0 saturated carbocycles. The Morgan fingerprint density at radius 2 is 2.00 bits per heavy atom. The van der Waals surface area contributed by atoms with Crippen LogP contribution in [0, 0.1) is 5.41 Å². The van der Waals surface area contributed by atoms with Crippen LogP contribution in [0.4, 0.5) is 10.6 Å². The van der Waals surface area contributed by atoms with Gasteiger partial charge in [-0.05, 0) is 25.5 Å². The van der Waals surface area contributed by atoms with E-state index in [0.717, 1.165) is 11.1 Å². The van der Waals surface area contributed by atoms with Crippen molar-refractivity contribution in [2.24, 2.45) is 5.41 Å². The molecule has 10 nitrogen and oxygen atoms in total. The number of hydrogen-bond acceptors (Lipinski definition) is 9. The number of imide groups is 2. The van der Waals surface area contributed by atoms with E-state index in [4.69, 9.17) is 4.74 Å². The number of amides is 4. The van der Waals surface area contributed by atoms with Gasteiger partial charge in [-0.25, -0.2) is 9.78 Å². The van der Waals surface area contributed by atoms with Gasteiger partial charge in [-0.15, -0.1) is 10.2 Å². The first-order chi connectivity index (χ1) is 13.9. The van der Waals surface area contributed by atoms with Gasteiger partial charge in [0.15, 0.2) is 5.41 Å². The molecule has 0 radical (unpaired) electrons. The van der Waals surface area contributed by atoms with E-state index < -0.39 is 35.4 Å². The van der Waals surface area contributed by atoms with E-state index in [0.29, 0.717) is 17.4 Å². The predicted octanol–water partition coefficient (Wildman–Crippen LogP) is 0.491. The van der Waals surface area contributed by atoms with Crippen LogP contribution in [0.5, 0.6) is 0 Å². The normalized spacial score (nSPS) is 27.9. The summed E-state index contributed by atoms with van der Waals surface area (Å²) >= 11 is 1.38. The molecule has 2 aromatic heterocycles. The molecule has 4 amide bonds. The smallest absolute Gasteiger partial charge is 0.328 e. The van der Waals surface area contributed by atoms with Crippen molar-refractivity contribution in [1.29, 1.82) is 0 Å². The van der Waals surface area contributed by atoms with Gasteiger partial charge in [-0.1, -0.05) is 11.3 Å². The quantitative estimate of drug-likeness (QED) is 0.646. The fraction of sp³-hybridized carbons (Fsp3) is 0.444. The van der Waals surface area contributed by atoms with Gasteiger partial charge in [-0.2, -0.15) is 0 Å². The van der Waals surface area contributed by atoms with Crippen molar-refractivity contribution in [3.63, 3.8) is 0 Å². The average Bonchev–Trinajstić information content (AvgIpc) is 3.20. The first kappa shape index (κ1) is 18.1. The highest BCUT2D eigenvalue weighted by atomic mass is 32.1. The molecule has 0 unspecified atom stereocenters. The van der Waals surface area contributed by atoms with Crippen LogP contribution in [0.1, 0.15) is 19.4 Å². The van der Waals surface area contributed by atoms with Gasteiger partial charge in [0, 0.05) is 24.7 Å². The Balaban J connectivity index is 1.69. The van der Waals surface area contributed by atoms with Crippen molar-refractivity contribution in [2.45, 2.75) is 38.5 Å². The van der Waals surface area contributed by atoms with E-state index in [9.17, 15) is 14.4 Å². The Morgan fingerprint density at radius 1 is 1.24 bits per heavy atom. The molecule has 0 aromatic carbocycles. The molecule has 0 bridgehead atoms. The molecule has 2 N–H and O–H groups in total. The molecule has 150 valence electrons. The average molecular weight is 414 g/mol. The molecule has 11 heteroatoms. The van der Waals surface area contributed by atoms with Crippen molar-refractivity contribution >= 4 is 35.0 Å². The van der Waals surface area contributed by atoms with E-state index in [-0.39, 0.29) is 12.5 Å². The summed E-state index contributed by atoms with van der Waals surface area (Å²) in [4.78, 5) is 44.5. The monoisotopic (exact) mass is 414 g/mol. The number of pyridine rings is 1. The van der Waals surface area contributed by atoms with Gasteiger partial charge >= 0.3 is 6.03 Å². The summed E-state index contributed by atoms with van der Waals surface area (Å²) in [6.45, 7) is 4.25. The fourth-order valence-corrected chi connectivity index (χ4v) is 5.25. The van der Waals surface area contributed by atoms with Crippen LogP contribution in [0.3, 0.4) is 0 Å². The molecule has 0 aliphatic carbocycles. The maximum Gasteiger partial charge on any atom is 0.328 e. The number of aromatic nitrogens is 3. The summed E-state index contributed by atoms with van der Waals surface area (Å²) in [5, 5.41) is 13.2. The number of carbonyl (C=O) groups excluding carboxylic acids is 3. The number of ether oxygens (including phenoxy) is 1. The Bertz CT molecular complexity index is 1010. The molecular formula is C18H18N6O4S. The minimum absolute atomic E-state index is 0.106. The van der Waals surface area contributed by atoms with Gasteiger partial charge in [0.2, 0.25) is 11.8 Å². The summed E-state index contributed by atoms with van der Waals surface area (Å²) in [5.74, 6) is -0.509. The number of morpholine rings is 1. The third-order valence-corrected chi connectivity index (χ3v) is 6.48. The molecule has 2 fully saturated rings. The summed E-state index contributed by atoms with van der Waals surface area (Å²) in [5.41, 5.74) is 1.64. The molecule has 29 heavy (non-hydrogen) atoms. The van der Waals surface area contributed by atoms with Crippen LogP contribution in [0.25, 0.3) is 10.6 Å². The molecule has 5 rings (SSSR count). The number of carbonyl (C=O) groups is 3. The van der Waals surface area contributed by atoms with Crippen LogP contribution in [-0.4, -0.2) is 57.8 Å². The van der Waals surface area contributed by atoms with Gasteiger partial charge < -0.3 is 9.64 Å². The second-order valence-corrected chi connectivity index (χ2v) is 8.42. The zero-order valence-electron chi connectivity index (χ0n) is 15.7. The molecule has 3 atom stereocenters. The first-order valence-corrected chi connectivity index (χ1v) is 10.1. The summed E-state index contributed by atoms with van der Waals surface area (Å²) in [7, 11) is 0. The number of barbiturate groups is 1. The number of anilines is 1. The second-order valence-electron chi connectivity index (χ2n) is 7.59. The molecule has 1 spiro atoms. The summed E-state index contributed by atoms with van der Waals surface area (Å²) in [6, 6.07) is 0.503. The van der Waals surface area contributed by atoms with E-state index >= 15 is 0 Å². The predicted molar refractivity (Wildman–Crippen MR) is 102 cm³/mol. The molecule has 2 aromatic rings. The number of hydrogen-bond donors (Lipinski definition) is 2. The van der Waals surface area contributed by atoms with Crippen molar-refractivity contribution in [2.75, 3.05) is 11.4 Å². The van der Waals surface area contributed by atoms with Crippen LogP contribution in [0.15, 0.2) is 17.8 Å². The van der Waals surface area contributed by atoms with E-state index in [1.807, 2.05) is 24.8 Å². The lowest BCUT2D eigenvalue weighted by Gasteiger charge is -2.54. The lowest BCUT2D eigenvalue weighted by Crippen LogP contribution is -2.75. The van der Waals surface area contributed by atoms with Crippen molar-refractivity contribution in [3.8, 4) is 10.6 Å². The minimum Gasteiger partial charge on any atom is -0.372 e. The number of nitrogens with zero attached hydrogens (tertiary/aromatic N) is 4. The van der Waals surface area contributed by atoms with Gasteiger partial charge in [-0.3, -0.25) is 20.2 Å². The molecule has 3 aliphatic rings. The lowest BCUT2D eigenvalue weighted by molar-refractivity contribution is -0.153. The number of fused-ring (bicyclic) bond motifs is 4. The zero-order chi connectivity index (χ0) is 20.3. The summed E-state index contributed by atoms with van der Waals surface area (Å²) in [6.07, 6.45) is 1.31. The SMILES string of the molecule is C[C@@H]1CN2c3ncc(-c4nncs4)cc3CC3(C(=O)NC(=O)NC3=O)[C@H]2[C@H](C)O1. The third kappa shape index (κ3) is 2.57. The highest BCUT2D eigenvalue weighted by Crippen LogP contribution is 2.46. The van der Waals surface area contributed by atoms with Gasteiger partial charge in [0.25, 0.3) is 0 Å². The first-order valence-electron chi connectivity index (χ1n) is 9.24. The van der Waals surface area contributed by atoms with E-state index in [2.05, 4.69) is 25.8 Å². The zero-order valence-corrected chi connectivity index (χ0v) is 16.5. The van der Waals surface area contributed by atoms with Crippen LogP contribution < -0.4 is 15.5 Å². The number of nitrogens with one attached hydrogen (secondary N) is 2. The Morgan fingerprint density at radius 3 is 2.69 bits per heavy atom. The van der Waals surface area contributed by atoms with E-state index in [1.165, 1.54) is 11.3 Å². The topological polar surface area (TPSA) is 126 Å². The van der Waals surface area contributed by atoms with Gasteiger partial charge in [0.1, 0.15) is 16.3 Å². The highest BCUT2D eigenvalue weighted by Gasteiger charge is 2.63. The molecule has 2 saturated heterocycles. The lowest BCUT2D eigenvalue weighted by atomic mass is 9.67. The second kappa shape index (κ2) is 6.29. The van der Waals surface area contributed by atoms with Crippen LogP contribution in [-0.2, 0) is 20.7 Å². The summed E-state index contributed by atoms with van der Waals surface area (Å²) < 4.78 is 5.97. The standard InChI is InChI=1S/C18H18N6O4S/c1-8-6-24-12(9(2)28-8)18(15(25)21-17(27)22-16(18)26)4-10-3-11(5-19-13(10)24)14-23-20-7-29-14/h3,5,7-9,12H,4,6H2,1-2H3,(H2,21,22,25,26,27)/t8-,9+,12-/m1/s1. The van der Waals surface area contributed by atoms with Crippen molar-refractivity contribution in [3.05, 3.63) is 23.3 Å². The number of urea groups is 1.